The van der Waals surface area contributed by atoms with Crippen LogP contribution < -0.4 is 0 Å². The van der Waals surface area contributed by atoms with Crippen LogP contribution in [-0.4, -0.2) is 18.5 Å². The van der Waals surface area contributed by atoms with Crippen molar-refractivity contribution in [2.24, 2.45) is 0 Å². The molecule has 0 aliphatic rings. The van der Waals surface area contributed by atoms with E-state index in [0.29, 0.717) is 4.90 Å². The van der Waals surface area contributed by atoms with E-state index in [1.807, 2.05) is 0 Å². The summed E-state index contributed by atoms with van der Waals surface area (Å²) in [5.74, 6) is -1.11. The Morgan fingerprint density at radius 2 is 2.00 bits per heavy atom. The van der Waals surface area contributed by atoms with Crippen LogP contribution in [0.15, 0.2) is 29.2 Å². The molecular weight excluding hydrogens is 194 g/mol. The van der Waals surface area contributed by atoms with Gasteiger partial charge in [0.25, 0.3) is 0 Å². The molecule has 70 valence electrons. The zero-order valence-electron chi connectivity index (χ0n) is 6.96. The summed E-state index contributed by atoms with van der Waals surface area (Å²) in [6, 6.07) is 6.37. The number of hydrogen-bond donors (Lipinski definition) is 0. The highest BCUT2D eigenvalue weighted by atomic mass is 32.2. The van der Waals surface area contributed by atoms with Crippen molar-refractivity contribution < 1.29 is 13.6 Å². The Morgan fingerprint density at radius 3 is 2.54 bits per heavy atom. The van der Waals surface area contributed by atoms with Crippen LogP contribution in [0, 0.1) is 0 Å². The van der Waals surface area contributed by atoms with Crippen LogP contribution in [0.2, 0.25) is 0 Å². The molecule has 0 unspecified atom stereocenters. The molecule has 0 atom stereocenters. The van der Waals surface area contributed by atoms with Crippen molar-refractivity contribution in [2.45, 2.75) is 11.3 Å². The Balaban J connectivity index is 3.06. The lowest BCUT2D eigenvalue weighted by molar-refractivity contribution is 0.0675. The minimum atomic E-state index is -2.92. The average Bonchev–Trinajstić information content (AvgIpc) is 2.16. The Hall–Kier alpha value is -0.900. The number of halogens is 2. The number of hydrogen-bond acceptors (Lipinski definition) is 2. The smallest absolute Gasteiger partial charge is 0.288 e. The summed E-state index contributed by atoms with van der Waals surface area (Å²) < 4.78 is 24.1. The van der Waals surface area contributed by atoms with E-state index in [-0.39, 0.29) is 5.56 Å². The summed E-state index contributed by atoms with van der Waals surface area (Å²) in [4.78, 5) is 11.6. The third kappa shape index (κ3) is 2.28. The lowest BCUT2D eigenvalue weighted by Gasteiger charge is -2.04. The predicted molar refractivity (Wildman–Crippen MR) is 48.6 cm³/mol. The van der Waals surface area contributed by atoms with Gasteiger partial charge in [0.15, 0.2) is 0 Å². The van der Waals surface area contributed by atoms with Gasteiger partial charge in [0, 0.05) is 10.5 Å². The monoisotopic (exact) mass is 202 g/mol. The maximum absolute atomic E-state index is 12.1. The van der Waals surface area contributed by atoms with Crippen molar-refractivity contribution in [3.05, 3.63) is 29.8 Å². The molecule has 0 aliphatic heterocycles. The predicted octanol–water partition coefficient (Wildman–Crippen LogP) is 2.86. The first-order valence-electron chi connectivity index (χ1n) is 3.62. The quantitative estimate of drug-likeness (QED) is 0.553. The molecule has 0 heterocycles. The van der Waals surface area contributed by atoms with Crippen LogP contribution in [0.1, 0.15) is 10.4 Å². The van der Waals surface area contributed by atoms with Crippen molar-refractivity contribution in [1.29, 1.82) is 0 Å². The fourth-order valence-corrected chi connectivity index (χ4v) is 1.57. The van der Waals surface area contributed by atoms with Crippen molar-refractivity contribution in [3.8, 4) is 0 Å². The Labute approximate surface area is 79.1 Å². The highest BCUT2D eigenvalue weighted by Crippen LogP contribution is 2.21. The van der Waals surface area contributed by atoms with E-state index >= 15 is 0 Å². The summed E-state index contributed by atoms with van der Waals surface area (Å²) in [5, 5.41) is 0. The molecule has 0 saturated carbocycles. The molecule has 0 spiro atoms. The first kappa shape index (κ1) is 10.2. The fourth-order valence-electron chi connectivity index (χ4n) is 0.966. The second-order valence-corrected chi connectivity index (χ2v) is 3.21. The lowest BCUT2D eigenvalue weighted by atomic mass is 10.1. The zero-order chi connectivity index (χ0) is 9.84. The Kier molecular flexibility index (Phi) is 3.42. The molecular formula is C9H8F2OS. The molecule has 1 nitrogen and oxygen atoms in total. The zero-order valence-corrected chi connectivity index (χ0v) is 7.78. The van der Waals surface area contributed by atoms with Gasteiger partial charge in [0.2, 0.25) is 5.78 Å². The highest BCUT2D eigenvalue weighted by molar-refractivity contribution is 7.98. The van der Waals surface area contributed by atoms with Crippen LogP contribution in [0.3, 0.4) is 0 Å². The van der Waals surface area contributed by atoms with Crippen LogP contribution in [0.4, 0.5) is 8.78 Å². The van der Waals surface area contributed by atoms with Gasteiger partial charge in [-0.05, 0) is 12.3 Å². The molecule has 1 aromatic rings. The molecule has 0 radical (unpaired) electrons. The van der Waals surface area contributed by atoms with E-state index in [2.05, 4.69) is 0 Å². The summed E-state index contributed by atoms with van der Waals surface area (Å²) in [7, 11) is 0. The maximum Gasteiger partial charge on any atom is 0.300 e. The number of rotatable bonds is 3. The van der Waals surface area contributed by atoms with Crippen LogP contribution in [-0.2, 0) is 0 Å². The first-order valence-corrected chi connectivity index (χ1v) is 4.84. The summed E-state index contributed by atoms with van der Waals surface area (Å²) in [6.07, 6.45) is -1.18. The molecule has 0 fully saturated rings. The minimum Gasteiger partial charge on any atom is -0.288 e. The molecule has 0 amide bonds. The fraction of sp³-hybridized carbons (Fsp3) is 0.222. The van der Waals surface area contributed by atoms with Gasteiger partial charge in [-0.15, -0.1) is 11.8 Å². The second-order valence-electron chi connectivity index (χ2n) is 2.37. The number of ketones is 1. The molecule has 0 saturated heterocycles. The number of Topliss-reactive ketones (excluding diaryl/α,β-unsaturated/α-hetero) is 1. The van der Waals surface area contributed by atoms with E-state index < -0.39 is 12.2 Å². The van der Waals surface area contributed by atoms with Crippen molar-refractivity contribution in [2.75, 3.05) is 6.26 Å². The highest BCUT2D eigenvalue weighted by Gasteiger charge is 2.19. The number of carbonyl (C=O) groups excluding carboxylic acids is 1. The van der Waals surface area contributed by atoms with Gasteiger partial charge >= 0.3 is 6.43 Å². The van der Waals surface area contributed by atoms with Crippen LogP contribution in [0.5, 0.6) is 0 Å². The average molecular weight is 202 g/mol. The van der Waals surface area contributed by atoms with E-state index in [9.17, 15) is 13.6 Å². The van der Waals surface area contributed by atoms with E-state index in [4.69, 9.17) is 0 Å². The van der Waals surface area contributed by atoms with Crippen molar-refractivity contribution >= 4 is 17.5 Å². The molecule has 4 heteroatoms. The lowest BCUT2D eigenvalue weighted by Crippen LogP contribution is -2.11. The number of carbonyl (C=O) groups is 1. The third-order valence-electron chi connectivity index (χ3n) is 1.57. The van der Waals surface area contributed by atoms with E-state index in [1.165, 1.54) is 17.8 Å². The summed E-state index contributed by atoms with van der Waals surface area (Å²) in [5.41, 5.74) is 0.102. The van der Waals surface area contributed by atoms with Gasteiger partial charge in [-0.2, -0.15) is 0 Å². The summed E-state index contributed by atoms with van der Waals surface area (Å²) >= 11 is 1.29. The Bertz CT molecular complexity index is 312. The standard InChI is InChI=1S/C9H8F2OS/c1-13-7-5-3-2-4-6(7)8(12)9(10)11/h2-5,9H,1H3. The molecule has 0 aliphatic carbocycles. The number of benzene rings is 1. The topological polar surface area (TPSA) is 17.1 Å². The van der Waals surface area contributed by atoms with Crippen molar-refractivity contribution in [3.63, 3.8) is 0 Å². The van der Waals surface area contributed by atoms with Gasteiger partial charge < -0.3 is 0 Å². The maximum atomic E-state index is 12.1. The molecule has 13 heavy (non-hydrogen) atoms. The minimum absolute atomic E-state index is 0.102. The summed E-state index contributed by atoms with van der Waals surface area (Å²) in [6.45, 7) is 0. The van der Waals surface area contributed by atoms with Gasteiger partial charge in [-0.3, -0.25) is 4.79 Å². The largest absolute Gasteiger partial charge is 0.300 e. The number of thioether (sulfide) groups is 1. The Morgan fingerprint density at radius 1 is 1.38 bits per heavy atom. The SMILES string of the molecule is CSc1ccccc1C(=O)C(F)F. The van der Waals surface area contributed by atoms with Crippen molar-refractivity contribution in [1.82, 2.24) is 0 Å². The van der Waals surface area contributed by atoms with E-state index in [0.717, 1.165) is 0 Å². The van der Waals surface area contributed by atoms with Gasteiger partial charge in [-0.1, -0.05) is 18.2 Å². The molecule has 0 bridgehead atoms. The third-order valence-corrected chi connectivity index (χ3v) is 2.37. The normalized spacial score (nSPS) is 10.5. The van der Waals surface area contributed by atoms with Crippen LogP contribution in [0.25, 0.3) is 0 Å². The molecule has 0 N–H and O–H groups in total. The molecule has 1 aromatic carbocycles. The van der Waals surface area contributed by atoms with E-state index in [1.54, 1.807) is 24.5 Å². The molecule has 1 rings (SSSR count). The van der Waals surface area contributed by atoms with Gasteiger partial charge in [0.1, 0.15) is 0 Å². The van der Waals surface area contributed by atoms with Crippen LogP contribution >= 0.6 is 11.8 Å². The van der Waals surface area contributed by atoms with Gasteiger partial charge in [-0.25, -0.2) is 8.78 Å². The molecule has 0 aromatic heterocycles. The second kappa shape index (κ2) is 4.37. The first-order chi connectivity index (χ1) is 6.16. The number of alkyl halides is 2. The van der Waals surface area contributed by atoms with Gasteiger partial charge in [0.05, 0.1) is 0 Å².